The number of aryl methyl sites for hydroxylation is 1. The Bertz CT molecular complexity index is 1170. The second kappa shape index (κ2) is 8.36. The molecule has 0 radical (unpaired) electrons. The van der Waals surface area contributed by atoms with Crippen LogP contribution in [0.2, 0.25) is 0 Å². The number of carbonyl (C=O) groups is 1. The molecule has 1 amide bonds. The molecule has 11 heteroatoms. The Morgan fingerprint density at radius 2 is 2.06 bits per heavy atom. The fourth-order valence-corrected chi connectivity index (χ4v) is 4.38. The molecule has 1 atom stereocenters. The topological polar surface area (TPSA) is 114 Å². The van der Waals surface area contributed by atoms with Crippen molar-refractivity contribution in [3.63, 3.8) is 0 Å². The van der Waals surface area contributed by atoms with Crippen LogP contribution in [0.15, 0.2) is 30.0 Å². The smallest absolute Gasteiger partial charge is 0.280 e. The number of nitrogens with one attached hydrogen (secondary N) is 1. The van der Waals surface area contributed by atoms with E-state index in [-0.39, 0.29) is 24.4 Å². The Morgan fingerprint density at radius 3 is 2.66 bits per heavy atom. The minimum atomic E-state index is -3.17. The van der Waals surface area contributed by atoms with Crippen LogP contribution in [0.1, 0.15) is 54.6 Å². The van der Waals surface area contributed by atoms with Crippen LogP contribution in [0.25, 0.3) is 6.08 Å². The third-order valence-electron chi connectivity index (χ3n) is 5.26. The molecule has 0 aromatic carbocycles. The van der Waals surface area contributed by atoms with Gasteiger partial charge in [-0.05, 0) is 44.6 Å². The number of aromatic nitrogens is 3. The van der Waals surface area contributed by atoms with Gasteiger partial charge in [0.2, 0.25) is 0 Å². The van der Waals surface area contributed by atoms with Crippen LogP contribution >= 0.6 is 0 Å². The van der Waals surface area contributed by atoms with Crippen LogP contribution < -0.4 is 5.32 Å². The average molecular weight is 469 g/mol. The van der Waals surface area contributed by atoms with E-state index in [9.17, 15) is 27.1 Å². The molecule has 2 N–H and O–H groups in total. The lowest BCUT2D eigenvalue weighted by Crippen LogP contribution is -2.54. The van der Waals surface area contributed by atoms with E-state index in [0.717, 1.165) is 17.9 Å². The first-order chi connectivity index (χ1) is 14.7. The highest BCUT2D eigenvalue weighted by molar-refractivity contribution is 7.90. The fourth-order valence-electron chi connectivity index (χ4n) is 3.86. The van der Waals surface area contributed by atoms with Crippen molar-refractivity contribution in [2.45, 2.75) is 51.3 Å². The highest BCUT2D eigenvalue weighted by atomic mass is 32.2. The summed E-state index contributed by atoms with van der Waals surface area (Å²) in [5.41, 5.74) is -1.25. The molecule has 2 aromatic heterocycles. The van der Waals surface area contributed by atoms with E-state index >= 15 is 0 Å². The maximum Gasteiger partial charge on any atom is 0.280 e. The summed E-state index contributed by atoms with van der Waals surface area (Å²) in [6.07, 6.45) is 1.97. The van der Waals surface area contributed by atoms with Crippen molar-refractivity contribution in [1.29, 1.82) is 0 Å². The molecule has 1 aliphatic carbocycles. The van der Waals surface area contributed by atoms with Crippen molar-refractivity contribution < 1.29 is 27.1 Å². The molecule has 0 saturated heterocycles. The lowest BCUT2D eigenvalue weighted by molar-refractivity contribution is 0.0828. The van der Waals surface area contributed by atoms with Crippen LogP contribution in [0.4, 0.5) is 8.78 Å². The van der Waals surface area contributed by atoms with E-state index < -0.39 is 39.0 Å². The van der Waals surface area contributed by atoms with Gasteiger partial charge in [0.05, 0.1) is 29.1 Å². The van der Waals surface area contributed by atoms with Gasteiger partial charge in [0.15, 0.2) is 0 Å². The zero-order valence-corrected chi connectivity index (χ0v) is 19.1. The number of sulfone groups is 1. The number of amides is 1. The summed E-state index contributed by atoms with van der Waals surface area (Å²) in [5, 5.41) is 18.0. The summed E-state index contributed by atoms with van der Waals surface area (Å²) in [5.74, 6) is -0.728. The summed E-state index contributed by atoms with van der Waals surface area (Å²) >= 11 is 0. The van der Waals surface area contributed by atoms with Crippen LogP contribution in [0, 0.1) is 0 Å². The number of alkyl halides is 2. The quantitative estimate of drug-likeness (QED) is 0.644. The maximum absolute atomic E-state index is 13.0. The van der Waals surface area contributed by atoms with Crippen molar-refractivity contribution in [3.8, 4) is 0 Å². The number of hydrogen-bond acceptors (Lipinski definition) is 6. The SMILES string of the molecule is CC(C)(O)C1=Cc2nn(CCS(C)(=O)=O)cc2CC1(C)NC(=O)c1cccc(C(F)F)n1. The molecule has 2 heterocycles. The van der Waals surface area contributed by atoms with Gasteiger partial charge < -0.3 is 10.4 Å². The van der Waals surface area contributed by atoms with Gasteiger partial charge in [-0.25, -0.2) is 22.2 Å². The number of pyridine rings is 1. The van der Waals surface area contributed by atoms with Gasteiger partial charge in [0, 0.05) is 24.4 Å². The molecule has 2 aromatic rings. The Balaban J connectivity index is 1.93. The average Bonchev–Trinajstić information content (AvgIpc) is 3.05. The van der Waals surface area contributed by atoms with Crippen LogP contribution in [-0.4, -0.2) is 57.3 Å². The molecule has 32 heavy (non-hydrogen) atoms. The summed E-state index contributed by atoms with van der Waals surface area (Å²) in [6, 6.07) is 3.82. The fraction of sp³-hybridized carbons (Fsp3) is 0.476. The van der Waals surface area contributed by atoms with Crippen LogP contribution in [0.5, 0.6) is 0 Å². The number of halogens is 2. The normalized spacial score (nSPS) is 18.9. The molecule has 3 rings (SSSR count). The molecule has 1 aliphatic rings. The Labute approximate surface area is 185 Å². The Hall–Kier alpha value is -2.66. The van der Waals surface area contributed by atoms with Crippen molar-refractivity contribution in [2.24, 2.45) is 0 Å². The lowest BCUT2D eigenvalue weighted by Gasteiger charge is -2.41. The van der Waals surface area contributed by atoms with Crippen molar-refractivity contribution in [3.05, 3.63) is 52.6 Å². The molecule has 0 bridgehead atoms. The van der Waals surface area contributed by atoms with Gasteiger partial charge in [-0.3, -0.25) is 9.48 Å². The van der Waals surface area contributed by atoms with Crippen molar-refractivity contribution in [2.75, 3.05) is 12.0 Å². The second-order valence-electron chi connectivity index (χ2n) is 8.76. The van der Waals surface area contributed by atoms with E-state index in [4.69, 9.17) is 0 Å². The first kappa shape index (κ1) is 24.0. The first-order valence-electron chi connectivity index (χ1n) is 9.95. The Morgan fingerprint density at radius 1 is 1.38 bits per heavy atom. The van der Waals surface area contributed by atoms with E-state index in [0.29, 0.717) is 11.3 Å². The Kier molecular flexibility index (Phi) is 6.27. The predicted molar refractivity (Wildman–Crippen MR) is 115 cm³/mol. The zero-order valence-electron chi connectivity index (χ0n) is 18.3. The lowest BCUT2D eigenvalue weighted by atomic mass is 9.74. The van der Waals surface area contributed by atoms with Gasteiger partial charge in [-0.2, -0.15) is 5.10 Å². The van der Waals surface area contributed by atoms with Gasteiger partial charge in [0.25, 0.3) is 12.3 Å². The van der Waals surface area contributed by atoms with Crippen molar-refractivity contribution in [1.82, 2.24) is 20.1 Å². The van der Waals surface area contributed by atoms with Gasteiger partial charge in [0.1, 0.15) is 21.2 Å². The monoisotopic (exact) mass is 468 g/mol. The number of aliphatic hydroxyl groups is 1. The van der Waals surface area contributed by atoms with E-state index in [1.165, 1.54) is 16.8 Å². The third kappa shape index (κ3) is 5.39. The number of rotatable bonds is 7. The zero-order chi connectivity index (χ0) is 23.9. The molecule has 174 valence electrons. The summed E-state index contributed by atoms with van der Waals surface area (Å²) in [6.45, 7) is 5.04. The summed E-state index contributed by atoms with van der Waals surface area (Å²) in [4.78, 5) is 16.6. The molecule has 8 nitrogen and oxygen atoms in total. The summed E-state index contributed by atoms with van der Waals surface area (Å²) < 4.78 is 50.4. The number of fused-ring (bicyclic) bond motifs is 1. The molecule has 0 fully saturated rings. The largest absolute Gasteiger partial charge is 0.386 e. The second-order valence-corrected chi connectivity index (χ2v) is 11.0. The third-order valence-corrected chi connectivity index (χ3v) is 6.18. The molecule has 0 spiro atoms. The number of carbonyl (C=O) groups excluding carboxylic acids is 1. The van der Waals surface area contributed by atoms with Gasteiger partial charge in [-0.1, -0.05) is 6.07 Å². The van der Waals surface area contributed by atoms with E-state index in [2.05, 4.69) is 15.4 Å². The van der Waals surface area contributed by atoms with E-state index in [1.807, 2.05) is 0 Å². The highest BCUT2D eigenvalue weighted by Crippen LogP contribution is 2.37. The van der Waals surface area contributed by atoms with E-state index in [1.54, 1.807) is 33.0 Å². The highest BCUT2D eigenvalue weighted by Gasteiger charge is 2.42. The first-order valence-corrected chi connectivity index (χ1v) is 12.0. The molecular formula is C21H26F2N4O4S. The van der Waals surface area contributed by atoms with Crippen molar-refractivity contribution >= 4 is 21.8 Å². The minimum absolute atomic E-state index is 0.0736. The number of hydrogen-bond donors (Lipinski definition) is 2. The minimum Gasteiger partial charge on any atom is -0.386 e. The standard InChI is InChI=1S/C21H26F2N4O4S/c1-20(2,29)17-10-16-13(12-27(26-16)8-9-32(4,30)31)11-21(17,3)25-19(28)15-7-5-6-14(24-15)18(22)23/h5-7,10,12,18,29H,8-9,11H2,1-4H3,(H,25,28). The number of nitrogens with zero attached hydrogens (tertiary/aromatic N) is 3. The predicted octanol–water partition coefficient (Wildman–Crippen LogP) is 2.16. The van der Waals surface area contributed by atoms with Crippen LogP contribution in [-0.2, 0) is 22.8 Å². The molecule has 1 unspecified atom stereocenters. The maximum atomic E-state index is 13.0. The van der Waals surface area contributed by atoms with Crippen LogP contribution in [0.3, 0.4) is 0 Å². The summed E-state index contributed by atoms with van der Waals surface area (Å²) in [7, 11) is -3.17. The van der Waals surface area contributed by atoms with Gasteiger partial charge in [-0.15, -0.1) is 0 Å². The van der Waals surface area contributed by atoms with Gasteiger partial charge >= 0.3 is 0 Å². The molecule has 0 saturated carbocycles. The molecular weight excluding hydrogens is 442 g/mol. The molecule has 0 aliphatic heterocycles.